The van der Waals surface area contributed by atoms with Crippen LogP contribution in [0.25, 0.3) is 0 Å². The first-order valence-electron chi connectivity index (χ1n) is 15.0. The number of nitrogens with one attached hydrogen (secondary N) is 2. The number of phenols is 1. The molecule has 0 aromatic heterocycles. The zero-order chi connectivity index (χ0) is 30.6. The van der Waals surface area contributed by atoms with E-state index < -0.39 is 35.6 Å². The van der Waals surface area contributed by atoms with Gasteiger partial charge in [0.2, 0.25) is 17.7 Å². The van der Waals surface area contributed by atoms with Crippen LogP contribution in [0.2, 0.25) is 0 Å². The van der Waals surface area contributed by atoms with Gasteiger partial charge in [0.15, 0.2) is 0 Å². The highest BCUT2D eigenvalue weighted by Gasteiger charge is 2.38. The van der Waals surface area contributed by atoms with Crippen LogP contribution in [0.15, 0.2) is 18.2 Å². The van der Waals surface area contributed by atoms with Crippen molar-refractivity contribution in [2.75, 3.05) is 6.54 Å². The molecule has 2 atom stereocenters. The summed E-state index contributed by atoms with van der Waals surface area (Å²) in [5, 5.41) is 16.8. The molecule has 2 rings (SSSR count). The van der Waals surface area contributed by atoms with E-state index in [2.05, 4.69) is 17.6 Å². The first-order valence-corrected chi connectivity index (χ1v) is 15.0. The van der Waals surface area contributed by atoms with Gasteiger partial charge in [-0.15, -0.1) is 0 Å². The number of carbonyl (C=O) groups is 4. The number of benzene rings is 1. The Morgan fingerprint density at radius 2 is 1.78 bits per heavy atom. The van der Waals surface area contributed by atoms with Crippen molar-refractivity contribution in [2.24, 2.45) is 5.73 Å². The van der Waals surface area contributed by atoms with Crippen LogP contribution in [0.1, 0.15) is 115 Å². The van der Waals surface area contributed by atoms with Crippen molar-refractivity contribution in [3.05, 3.63) is 29.3 Å². The van der Waals surface area contributed by atoms with Gasteiger partial charge in [-0.2, -0.15) is 0 Å². The lowest BCUT2D eigenvalue weighted by molar-refractivity contribution is -0.143. The minimum absolute atomic E-state index is 0.0201. The fraction of sp³-hybridized carbons (Fsp3) is 0.677. The monoisotopic (exact) mass is 574 g/mol. The number of ether oxygens (including phenoxy) is 1. The molecule has 2 unspecified atom stereocenters. The van der Waals surface area contributed by atoms with E-state index >= 15 is 0 Å². The fourth-order valence-electron chi connectivity index (χ4n) is 5.15. The first-order chi connectivity index (χ1) is 19.3. The van der Waals surface area contributed by atoms with Crippen molar-refractivity contribution >= 4 is 23.8 Å². The standard InChI is InChI=1S/C31H50N4O6/c1-6-7-8-12-20-35(29(39)24(18-19-25(32)36)34-30(40)41-31(3,4)5)26(23-17-13-14-21(2)27(23)37)28(38)33-22-15-10-9-11-16-22/h13-14,17,22,24,26,37H,6-12,15-16,18-20H2,1-5H3,(H2,32,36)(H,33,38)(H,34,40). The lowest BCUT2D eigenvalue weighted by atomic mass is 9.94. The van der Waals surface area contributed by atoms with Crippen molar-refractivity contribution in [1.29, 1.82) is 0 Å². The highest BCUT2D eigenvalue weighted by Crippen LogP contribution is 2.33. The minimum atomic E-state index is -1.17. The third-order valence-electron chi connectivity index (χ3n) is 7.28. The Morgan fingerprint density at radius 3 is 2.39 bits per heavy atom. The summed E-state index contributed by atoms with van der Waals surface area (Å²) in [7, 11) is 0. The van der Waals surface area contributed by atoms with Crippen LogP contribution in [0, 0.1) is 6.92 Å². The third kappa shape index (κ3) is 11.2. The largest absolute Gasteiger partial charge is 0.507 e. The molecular weight excluding hydrogens is 524 g/mol. The van der Waals surface area contributed by atoms with E-state index in [1.807, 2.05) is 0 Å². The topological polar surface area (TPSA) is 151 Å². The van der Waals surface area contributed by atoms with E-state index in [0.717, 1.165) is 51.4 Å². The summed E-state index contributed by atoms with van der Waals surface area (Å²) < 4.78 is 5.39. The number of primary amides is 1. The molecule has 0 spiro atoms. The number of aryl methyl sites for hydroxylation is 1. The Labute approximate surface area is 244 Å². The summed E-state index contributed by atoms with van der Waals surface area (Å²) in [4.78, 5) is 54.1. The van der Waals surface area contributed by atoms with Gasteiger partial charge in [-0.25, -0.2) is 4.79 Å². The van der Waals surface area contributed by atoms with Gasteiger partial charge in [0, 0.05) is 24.6 Å². The van der Waals surface area contributed by atoms with Gasteiger partial charge in [0.05, 0.1) is 0 Å². The highest BCUT2D eigenvalue weighted by atomic mass is 16.6. The molecule has 0 aliphatic heterocycles. The molecule has 10 heteroatoms. The van der Waals surface area contributed by atoms with E-state index in [1.54, 1.807) is 45.9 Å². The predicted octanol–water partition coefficient (Wildman–Crippen LogP) is 4.76. The van der Waals surface area contributed by atoms with E-state index in [9.17, 15) is 24.3 Å². The van der Waals surface area contributed by atoms with E-state index in [4.69, 9.17) is 10.5 Å². The molecule has 0 heterocycles. The van der Waals surface area contributed by atoms with Crippen LogP contribution in [0.4, 0.5) is 4.79 Å². The Morgan fingerprint density at radius 1 is 1.10 bits per heavy atom. The van der Waals surface area contributed by atoms with Crippen LogP contribution in [-0.2, 0) is 19.1 Å². The summed E-state index contributed by atoms with van der Waals surface area (Å²) in [6.45, 7) is 9.16. The van der Waals surface area contributed by atoms with Crippen molar-refractivity contribution in [3.63, 3.8) is 0 Å². The number of para-hydroxylation sites is 1. The number of carbonyl (C=O) groups excluding carboxylic acids is 4. The number of unbranched alkanes of at least 4 members (excludes halogenated alkanes) is 3. The highest BCUT2D eigenvalue weighted by molar-refractivity contribution is 5.93. The molecule has 0 saturated heterocycles. The summed E-state index contributed by atoms with van der Waals surface area (Å²) in [5.74, 6) is -1.60. The van der Waals surface area contributed by atoms with Crippen LogP contribution in [-0.4, -0.2) is 58.1 Å². The van der Waals surface area contributed by atoms with Gasteiger partial charge in [-0.1, -0.05) is 63.6 Å². The van der Waals surface area contributed by atoms with Crippen molar-refractivity contribution in [1.82, 2.24) is 15.5 Å². The van der Waals surface area contributed by atoms with Crippen molar-refractivity contribution < 1.29 is 29.0 Å². The summed E-state index contributed by atoms with van der Waals surface area (Å²) >= 11 is 0. The molecule has 1 fully saturated rings. The molecule has 230 valence electrons. The maximum absolute atomic E-state index is 14.3. The maximum atomic E-state index is 14.3. The van der Waals surface area contributed by atoms with Gasteiger partial charge >= 0.3 is 6.09 Å². The van der Waals surface area contributed by atoms with Crippen LogP contribution >= 0.6 is 0 Å². The lowest BCUT2D eigenvalue weighted by Gasteiger charge is -2.36. The average Bonchev–Trinajstić information content (AvgIpc) is 2.89. The number of alkyl carbamates (subject to hydrolysis) is 1. The Kier molecular flexibility index (Phi) is 13.4. The van der Waals surface area contributed by atoms with E-state index in [1.165, 1.54) is 4.90 Å². The van der Waals surface area contributed by atoms with Crippen molar-refractivity contribution in [2.45, 2.75) is 129 Å². The second-order valence-corrected chi connectivity index (χ2v) is 12.1. The van der Waals surface area contributed by atoms with E-state index in [-0.39, 0.29) is 37.1 Å². The second kappa shape index (κ2) is 16.2. The Hall–Kier alpha value is -3.30. The molecule has 1 aliphatic carbocycles. The molecule has 1 aliphatic rings. The van der Waals surface area contributed by atoms with Gasteiger partial charge < -0.3 is 31.1 Å². The predicted molar refractivity (Wildman–Crippen MR) is 158 cm³/mol. The number of aromatic hydroxyl groups is 1. The average molecular weight is 575 g/mol. The quantitative estimate of drug-likeness (QED) is 0.235. The fourth-order valence-corrected chi connectivity index (χ4v) is 5.15. The first kappa shape index (κ1) is 33.9. The van der Waals surface area contributed by atoms with Crippen LogP contribution in [0.3, 0.4) is 0 Å². The summed E-state index contributed by atoms with van der Waals surface area (Å²) in [6.07, 6.45) is 7.23. The maximum Gasteiger partial charge on any atom is 0.408 e. The van der Waals surface area contributed by atoms with E-state index in [0.29, 0.717) is 17.5 Å². The summed E-state index contributed by atoms with van der Waals surface area (Å²) in [6, 6.07) is 2.81. The zero-order valence-corrected chi connectivity index (χ0v) is 25.5. The SMILES string of the molecule is CCCCCCN(C(=O)C(CCC(N)=O)NC(=O)OC(C)(C)C)C(C(=O)NC1CCCCC1)c1cccc(C)c1O. The van der Waals surface area contributed by atoms with Crippen molar-refractivity contribution in [3.8, 4) is 5.75 Å². The summed E-state index contributed by atoms with van der Waals surface area (Å²) in [5.41, 5.74) is 5.48. The third-order valence-corrected chi connectivity index (χ3v) is 7.28. The number of phenolic OH excluding ortho intramolecular Hbond substituents is 1. The Bertz CT molecular complexity index is 1030. The number of amides is 4. The molecule has 4 amide bonds. The molecule has 0 bridgehead atoms. The van der Waals surface area contributed by atoms with Gasteiger partial charge in [-0.05, 0) is 58.9 Å². The van der Waals surface area contributed by atoms with Gasteiger partial charge in [0.25, 0.3) is 0 Å². The van der Waals surface area contributed by atoms with Crippen LogP contribution < -0.4 is 16.4 Å². The smallest absolute Gasteiger partial charge is 0.408 e. The van der Waals surface area contributed by atoms with Crippen LogP contribution in [0.5, 0.6) is 5.75 Å². The number of hydrogen-bond acceptors (Lipinski definition) is 6. The van der Waals surface area contributed by atoms with Gasteiger partial charge in [-0.3, -0.25) is 14.4 Å². The molecule has 1 aromatic carbocycles. The number of rotatable bonds is 14. The lowest BCUT2D eigenvalue weighted by Crippen LogP contribution is -2.54. The Balaban J connectivity index is 2.53. The molecule has 1 saturated carbocycles. The zero-order valence-electron chi connectivity index (χ0n) is 25.5. The number of hydrogen-bond donors (Lipinski definition) is 4. The minimum Gasteiger partial charge on any atom is -0.507 e. The number of nitrogens with two attached hydrogens (primary N) is 1. The molecular formula is C31H50N4O6. The molecule has 1 aromatic rings. The number of nitrogens with zero attached hydrogens (tertiary/aromatic N) is 1. The molecule has 0 radical (unpaired) electrons. The second-order valence-electron chi connectivity index (χ2n) is 12.1. The van der Waals surface area contributed by atoms with Gasteiger partial charge in [0.1, 0.15) is 23.4 Å². The molecule has 5 N–H and O–H groups in total. The molecule has 41 heavy (non-hydrogen) atoms. The normalized spacial score (nSPS) is 15.4. The molecule has 10 nitrogen and oxygen atoms in total.